The first kappa shape index (κ1) is 21.7. The zero-order chi connectivity index (χ0) is 21.1. The van der Waals surface area contributed by atoms with Crippen molar-refractivity contribution in [2.24, 2.45) is 46.8 Å². The summed E-state index contributed by atoms with van der Waals surface area (Å²) in [6.45, 7) is 11.2. The zero-order valence-electron chi connectivity index (χ0n) is 20.0. The van der Waals surface area contributed by atoms with E-state index in [4.69, 9.17) is 4.74 Å². The van der Waals surface area contributed by atoms with Crippen molar-refractivity contribution in [2.75, 3.05) is 6.54 Å². The van der Waals surface area contributed by atoms with Crippen molar-refractivity contribution >= 4 is 0 Å². The number of hydrogen-bond donors (Lipinski definition) is 2. The number of aliphatic hydroxyl groups is 1. The number of hydrogen-bond acceptors (Lipinski definition) is 3. The third-order valence-corrected chi connectivity index (χ3v) is 11.0. The van der Waals surface area contributed by atoms with Gasteiger partial charge in [-0.1, -0.05) is 40.5 Å². The maximum atomic E-state index is 10.3. The second-order valence-corrected chi connectivity index (χ2v) is 12.6. The molecule has 11 atom stereocenters. The molecule has 172 valence electrons. The van der Waals surface area contributed by atoms with E-state index in [0.717, 1.165) is 54.9 Å². The first-order valence-corrected chi connectivity index (χ1v) is 13.4. The normalized spacial score (nSPS) is 56.9. The summed E-state index contributed by atoms with van der Waals surface area (Å²) in [4.78, 5) is 0. The Balaban J connectivity index is 1.37. The Morgan fingerprint density at radius 2 is 1.70 bits per heavy atom. The third kappa shape index (κ3) is 3.41. The van der Waals surface area contributed by atoms with E-state index in [9.17, 15) is 5.11 Å². The minimum Gasteiger partial charge on any atom is -0.393 e. The largest absolute Gasteiger partial charge is 0.393 e. The van der Waals surface area contributed by atoms with Gasteiger partial charge in [-0.25, -0.2) is 0 Å². The highest BCUT2D eigenvalue weighted by molar-refractivity contribution is 5.14. The fourth-order valence-electron chi connectivity index (χ4n) is 9.21. The SMILES string of the molecule is C[C@H]1CC[C@]2(NC1)OC1CC3C4CCCC[C@@H](O)CC[C@H](C)C4CC[C@]3(C)C1[C@@H]2C. The molecule has 2 heterocycles. The summed E-state index contributed by atoms with van der Waals surface area (Å²) in [6.07, 6.45) is 14.2. The van der Waals surface area contributed by atoms with Crippen LogP contribution in [0.4, 0.5) is 0 Å². The summed E-state index contributed by atoms with van der Waals surface area (Å²) in [6, 6.07) is 0. The van der Waals surface area contributed by atoms with Crippen molar-refractivity contribution in [3.05, 3.63) is 0 Å². The predicted molar refractivity (Wildman–Crippen MR) is 122 cm³/mol. The lowest BCUT2D eigenvalue weighted by Crippen LogP contribution is -2.56. The van der Waals surface area contributed by atoms with Crippen LogP contribution in [-0.2, 0) is 4.74 Å². The minimum atomic E-state index is -0.0557. The molecule has 2 aliphatic heterocycles. The van der Waals surface area contributed by atoms with Crippen molar-refractivity contribution < 1.29 is 9.84 Å². The summed E-state index contributed by atoms with van der Waals surface area (Å²) in [5.41, 5.74) is 0.426. The fraction of sp³-hybridized carbons (Fsp3) is 1.00. The van der Waals surface area contributed by atoms with E-state index in [0.29, 0.717) is 17.4 Å². The van der Waals surface area contributed by atoms with E-state index in [1.807, 2.05) is 0 Å². The van der Waals surface area contributed by atoms with Crippen LogP contribution in [0.5, 0.6) is 0 Å². The lowest BCUT2D eigenvalue weighted by molar-refractivity contribution is -0.113. The Labute approximate surface area is 185 Å². The minimum absolute atomic E-state index is 0.0353. The standard InChI is InChI=1S/C27H47NO2/c1-17-11-14-27(28-16-17)19(3)25-24(30-27)15-23-22-8-6-5-7-20(29)10-9-18(2)21(22)12-13-26(23,25)4/h17-25,28-29H,5-16H2,1-4H3/t17-,18-,19-,20+,21?,22?,23?,24?,25?,26-,27-/m0/s1. The molecule has 1 spiro atoms. The van der Waals surface area contributed by atoms with Crippen LogP contribution in [0.1, 0.15) is 98.3 Å². The number of rotatable bonds is 0. The lowest BCUT2D eigenvalue weighted by Gasteiger charge is -2.52. The maximum Gasteiger partial charge on any atom is 0.122 e. The molecular weight excluding hydrogens is 370 g/mol. The van der Waals surface area contributed by atoms with E-state index < -0.39 is 0 Å². The molecule has 2 N–H and O–H groups in total. The number of nitrogens with one attached hydrogen (secondary N) is 1. The van der Waals surface area contributed by atoms with Gasteiger partial charge in [0.25, 0.3) is 0 Å². The third-order valence-electron chi connectivity index (χ3n) is 11.0. The van der Waals surface area contributed by atoms with E-state index in [1.54, 1.807) is 0 Å². The average molecular weight is 418 g/mol. The maximum absolute atomic E-state index is 10.3. The van der Waals surface area contributed by atoms with Gasteiger partial charge in [-0.3, -0.25) is 5.32 Å². The van der Waals surface area contributed by atoms with Gasteiger partial charge in [0, 0.05) is 12.5 Å². The Bertz CT molecular complexity index is 614. The summed E-state index contributed by atoms with van der Waals surface area (Å²) in [7, 11) is 0. The predicted octanol–water partition coefficient (Wildman–Crippen LogP) is 5.76. The monoisotopic (exact) mass is 417 g/mol. The van der Waals surface area contributed by atoms with Crippen molar-refractivity contribution in [3.8, 4) is 0 Å². The topological polar surface area (TPSA) is 41.5 Å². The molecule has 3 aliphatic carbocycles. The zero-order valence-corrected chi connectivity index (χ0v) is 20.0. The Kier molecular flexibility index (Phi) is 5.81. The Morgan fingerprint density at radius 3 is 2.47 bits per heavy atom. The quantitative estimate of drug-likeness (QED) is 0.527. The molecule has 5 rings (SSSR count). The molecule has 5 unspecified atom stereocenters. The van der Waals surface area contributed by atoms with Gasteiger partial charge in [0.1, 0.15) is 5.72 Å². The Morgan fingerprint density at radius 1 is 0.900 bits per heavy atom. The van der Waals surface area contributed by atoms with Crippen LogP contribution in [0.25, 0.3) is 0 Å². The number of ether oxygens (including phenoxy) is 1. The van der Waals surface area contributed by atoms with Crippen LogP contribution < -0.4 is 5.32 Å². The molecule has 0 amide bonds. The van der Waals surface area contributed by atoms with E-state index in [-0.39, 0.29) is 11.8 Å². The molecule has 5 fully saturated rings. The van der Waals surface area contributed by atoms with Crippen LogP contribution in [-0.4, -0.2) is 29.6 Å². The van der Waals surface area contributed by atoms with Gasteiger partial charge in [-0.15, -0.1) is 0 Å². The smallest absolute Gasteiger partial charge is 0.122 e. The van der Waals surface area contributed by atoms with Crippen molar-refractivity contribution in [1.29, 1.82) is 0 Å². The van der Waals surface area contributed by atoms with Gasteiger partial charge >= 0.3 is 0 Å². The molecule has 0 aromatic carbocycles. The van der Waals surface area contributed by atoms with Crippen LogP contribution in [0, 0.1) is 46.8 Å². The van der Waals surface area contributed by atoms with Gasteiger partial charge in [-0.2, -0.15) is 0 Å². The van der Waals surface area contributed by atoms with Crippen LogP contribution >= 0.6 is 0 Å². The molecule has 5 aliphatic rings. The highest BCUT2D eigenvalue weighted by Gasteiger charge is 2.66. The number of fused-ring (bicyclic) bond motifs is 5. The molecule has 30 heavy (non-hydrogen) atoms. The van der Waals surface area contributed by atoms with Crippen molar-refractivity contribution in [3.63, 3.8) is 0 Å². The molecule has 3 saturated carbocycles. The molecule has 0 radical (unpaired) electrons. The molecular formula is C27H47NO2. The van der Waals surface area contributed by atoms with Gasteiger partial charge < -0.3 is 9.84 Å². The fourth-order valence-corrected chi connectivity index (χ4v) is 9.21. The Hall–Kier alpha value is -0.120. The first-order chi connectivity index (χ1) is 14.3. The van der Waals surface area contributed by atoms with Crippen LogP contribution in [0.2, 0.25) is 0 Å². The highest BCUT2D eigenvalue weighted by atomic mass is 16.5. The molecule has 0 aromatic heterocycles. The molecule has 0 bridgehead atoms. The van der Waals surface area contributed by atoms with E-state index in [1.165, 1.54) is 57.8 Å². The van der Waals surface area contributed by atoms with Gasteiger partial charge in [0.15, 0.2) is 0 Å². The second kappa shape index (κ2) is 8.03. The summed E-state index contributed by atoms with van der Waals surface area (Å²) < 4.78 is 7.01. The number of aliphatic hydroxyl groups excluding tert-OH is 1. The second-order valence-electron chi connectivity index (χ2n) is 12.6. The van der Waals surface area contributed by atoms with Crippen molar-refractivity contribution in [2.45, 2.75) is 116 Å². The molecule has 0 aromatic rings. The molecule has 3 heteroatoms. The lowest BCUT2D eigenvalue weighted by atomic mass is 9.53. The van der Waals surface area contributed by atoms with E-state index in [2.05, 4.69) is 33.0 Å². The number of piperidine rings is 1. The van der Waals surface area contributed by atoms with Gasteiger partial charge in [0.2, 0.25) is 0 Å². The highest BCUT2D eigenvalue weighted by Crippen LogP contribution is 2.67. The average Bonchev–Trinajstić information content (AvgIpc) is 3.16. The molecule has 2 saturated heterocycles. The van der Waals surface area contributed by atoms with E-state index >= 15 is 0 Å². The van der Waals surface area contributed by atoms with Crippen LogP contribution in [0.15, 0.2) is 0 Å². The summed E-state index contributed by atoms with van der Waals surface area (Å²) in [5, 5.41) is 14.2. The van der Waals surface area contributed by atoms with Crippen LogP contribution in [0.3, 0.4) is 0 Å². The van der Waals surface area contributed by atoms with Gasteiger partial charge in [0.05, 0.1) is 12.2 Å². The molecule has 3 nitrogen and oxygen atoms in total. The first-order valence-electron chi connectivity index (χ1n) is 13.4. The van der Waals surface area contributed by atoms with Crippen molar-refractivity contribution in [1.82, 2.24) is 5.32 Å². The summed E-state index contributed by atoms with van der Waals surface area (Å²) in [5.74, 6) is 5.51. The summed E-state index contributed by atoms with van der Waals surface area (Å²) >= 11 is 0. The van der Waals surface area contributed by atoms with Gasteiger partial charge in [-0.05, 0) is 98.7 Å².